The van der Waals surface area contributed by atoms with Crippen LogP contribution >= 0.6 is 0 Å². The third-order valence-electron chi connectivity index (χ3n) is 2.02. The molecule has 4 heteroatoms. The average Bonchev–Trinajstić information content (AvgIpc) is 2.36. The van der Waals surface area contributed by atoms with E-state index in [4.69, 9.17) is 14.7 Å². The van der Waals surface area contributed by atoms with Gasteiger partial charge in [-0.25, -0.2) is 4.79 Å². The minimum Gasteiger partial charge on any atom is -0.497 e. The topological polar surface area (TPSA) is 59.3 Å². The smallest absolute Gasteiger partial charge is 0.348 e. The summed E-state index contributed by atoms with van der Waals surface area (Å²) in [6.45, 7) is 1.94. The van der Waals surface area contributed by atoms with Crippen molar-refractivity contribution in [1.82, 2.24) is 0 Å². The van der Waals surface area contributed by atoms with Gasteiger partial charge in [0.1, 0.15) is 17.4 Å². The maximum absolute atomic E-state index is 11.4. The Bertz CT molecular complexity index is 472. The van der Waals surface area contributed by atoms with E-state index in [1.807, 2.05) is 6.07 Å². The van der Waals surface area contributed by atoms with Gasteiger partial charge in [0.15, 0.2) is 0 Å². The Morgan fingerprint density at radius 3 is 2.88 bits per heavy atom. The molecule has 0 saturated carbocycles. The Morgan fingerprint density at radius 1 is 1.53 bits per heavy atom. The van der Waals surface area contributed by atoms with Crippen molar-refractivity contribution in [2.45, 2.75) is 6.92 Å². The van der Waals surface area contributed by atoms with Crippen LogP contribution in [0, 0.1) is 11.3 Å². The monoisotopic (exact) mass is 231 g/mol. The highest BCUT2D eigenvalue weighted by atomic mass is 16.5. The summed E-state index contributed by atoms with van der Waals surface area (Å²) in [5.41, 5.74) is 0.689. The molecule has 0 heterocycles. The second kappa shape index (κ2) is 6.33. The van der Waals surface area contributed by atoms with Crippen LogP contribution in [0.15, 0.2) is 29.8 Å². The largest absolute Gasteiger partial charge is 0.497 e. The normalized spacial score (nSPS) is 10.5. The molecule has 17 heavy (non-hydrogen) atoms. The van der Waals surface area contributed by atoms with Crippen LogP contribution in [0.4, 0.5) is 0 Å². The highest BCUT2D eigenvalue weighted by Crippen LogP contribution is 2.15. The van der Waals surface area contributed by atoms with Crippen molar-refractivity contribution in [2.75, 3.05) is 13.7 Å². The maximum atomic E-state index is 11.4. The molecule has 1 aromatic rings. The van der Waals surface area contributed by atoms with E-state index in [0.717, 1.165) is 0 Å². The number of methoxy groups -OCH3 is 1. The minimum atomic E-state index is -0.613. The quantitative estimate of drug-likeness (QED) is 0.452. The van der Waals surface area contributed by atoms with Crippen LogP contribution < -0.4 is 4.74 Å². The molecule has 0 unspecified atom stereocenters. The van der Waals surface area contributed by atoms with Crippen LogP contribution in [-0.4, -0.2) is 19.7 Å². The lowest BCUT2D eigenvalue weighted by Gasteiger charge is -2.02. The first-order chi connectivity index (χ1) is 8.21. The molecule has 0 bridgehead atoms. The van der Waals surface area contributed by atoms with E-state index in [1.54, 1.807) is 38.3 Å². The third kappa shape index (κ3) is 3.65. The molecule has 0 radical (unpaired) electrons. The molecule has 0 atom stereocenters. The van der Waals surface area contributed by atoms with Gasteiger partial charge in [-0.15, -0.1) is 0 Å². The lowest BCUT2D eigenvalue weighted by atomic mass is 10.1. The van der Waals surface area contributed by atoms with Crippen molar-refractivity contribution >= 4 is 12.0 Å². The molecule has 1 aromatic carbocycles. The van der Waals surface area contributed by atoms with Gasteiger partial charge in [-0.2, -0.15) is 5.26 Å². The molecule has 0 spiro atoms. The summed E-state index contributed by atoms with van der Waals surface area (Å²) in [6, 6.07) is 8.90. The number of hydrogen-bond acceptors (Lipinski definition) is 4. The van der Waals surface area contributed by atoms with E-state index in [9.17, 15) is 4.79 Å². The van der Waals surface area contributed by atoms with Crippen molar-refractivity contribution in [2.24, 2.45) is 0 Å². The summed E-state index contributed by atoms with van der Waals surface area (Å²) in [5, 5.41) is 8.86. The molecule has 0 aliphatic rings. The first-order valence-corrected chi connectivity index (χ1v) is 5.14. The molecular weight excluding hydrogens is 218 g/mol. The Hall–Kier alpha value is -2.28. The number of esters is 1. The predicted octanol–water partition coefficient (Wildman–Crippen LogP) is 2.17. The summed E-state index contributed by atoms with van der Waals surface area (Å²) in [5.74, 6) is 0.0534. The lowest BCUT2D eigenvalue weighted by Crippen LogP contribution is -2.05. The highest BCUT2D eigenvalue weighted by Gasteiger charge is 2.09. The Labute approximate surface area is 100 Å². The highest BCUT2D eigenvalue weighted by molar-refractivity contribution is 5.97. The fourth-order valence-corrected chi connectivity index (χ4v) is 1.24. The Balaban J connectivity index is 2.98. The zero-order chi connectivity index (χ0) is 12.7. The fourth-order valence-electron chi connectivity index (χ4n) is 1.24. The first kappa shape index (κ1) is 12.8. The van der Waals surface area contributed by atoms with Gasteiger partial charge < -0.3 is 9.47 Å². The number of ether oxygens (including phenoxy) is 2. The van der Waals surface area contributed by atoms with Crippen LogP contribution in [0.2, 0.25) is 0 Å². The summed E-state index contributed by atoms with van der Waals surface area (Å²) in [4.78, 5) is 11.4. The van der Waals surface area contributed by atoms with Crippen LogP contribution in [-0.2, 0) is 9.53 Å². The number of benzene rings is 1. The molecule has 0 saturated heterocycles. The van der Waals surface area contributed by atoms with E-state index in [-0.39, 0.29) is 12.2 Å². The number of nitriles is 1. The number of carbonyl (C=O) groups is 1. The Kier molecular flexibility index (Phi) is 4.77. The minimum absolute atomic E-state index is 0.0277. The molecule has 0 fully saturated rings. The molecule has 4 nitrogen and oxygen atoms in total. The van der Waals surface area contributed by atoms with Crippen LogP contribution in [0.5, 0.6) is 5.75 Å². The summed E-state index contributed by atoms with van der Waals surface area (Å²) in [7, 11) is 1.55. The van der Waals surface area contributed by atoms with Gasteiger partial charge in [-0.3, -0.25) is 0 Å². The number of nitrogens with zero attached hydrogens (tertiary/aromatic N) is 1. The standard InChI is InChI=1S/C13H13NO3/c1-3-17-13(15)11(9-14)7-10-5-4-6-12(8-10)16-2/h4-8H,3H2,1-2H3/b11-7-. The summed E-state index contributed by atoms with van der Waals surface area (Å²) in [6.07, 6.45) is 1.47. The molecule has 0 aliphatic heterocycles. The number of carbonyl (C=O) groups excluding carboxylic acids is 1. The summed E-state index contributed by atoms with van der Waals surface area (Å²) >= 11 is 0. The van der Waals surface area contributed by atoms with Crippen LogP contribution in [0.25, 0.3) is 6.08 Å². The fraction of sp³-hybridized carbons (Fsp3) is 0.231. The van der Waals surface area contributed by atoms with Gasteiger partial charge in [0, 0.05) is 0 Å². The molecule has 0 aromatic heterocycles. The number of hydrogen-bond donors (Lipinski definition) is 0. The second-order valence-electron chi connectivity index (χ2n) is 3.17. The van der Waals surface area contributed by atoms with Crippen molar-refractivity contribution < 1.29 is 14.3 Å². The molecule has 0 aliphatic carbocycles. The zero-order valence-electron chi connectivity index (χ0n) is 9.77. The van der Waals surface area contributed by atoms with Crippen LogP contribution in [0.3, 0.4) is 0 Å². The lowest BCUT2D eigenvalue weighted by molar-refractivity contribution is -0.137. The zero-order valence-corrected chi connectivity index (χ0v) is 9.77. The van der Waals surface area contributed by atoms with Gasteiger partial charge in [0.25, 0.3) is 0 Å². The molecule has 1 rings (SSSR count). The van der Waals surface area contributed by atoms with Gasteiger partial charge in [-0.1, -0.05) is 12.1 Å². The van der Waals surface area contributed by atoms with Crippen molar-refractivity contribution in [3.05, 3.63) is 35.4 Å². The van der Waals surface area contributed by atoms with E-state index in [0.29, 0.717) is 11.3 Å². The Morgan fingerprint density at radius 2 is 2.29 bits per heavy atom. The van der Waals surface area contributed by atoms with E-state index >= 15 is 0 Å². The molecule has 0 N–H and O–H groups in total. The second-order valence-corrected chi connectivity index (χ2v) is 3.17. The van der Waals surface area contributed by atoms with E-state index in [2.05, 4.69) is 0 Å². The van der Waals surface area contributed by atoms with Crippen LogP contribution in [0.1, 0.15) is 12.5 Å². The summed E-state index contributed by atoms with van der Waals surface area (Å²) < 4.78 is 9.81. The van der Waals surface area contributed by atoms with E-state index < -0.39 is 5.97 Å². The predicted molar refractivity (Wildman–Crippen MR) is 63.2 cm³/mol. The van der Waals surface area contributed by atoms with Crippen molar-refractivity contribution in [1.29, 1.82) is 5.26 Å². The maximum Gasteiger partial charge on any atom is 0.348 e. The molecule has 0 amide bonds. The van der Waals surface area contributed by atoms with Gasteiger partial charge >= 0.3 is 5.97 Å². The van der Waals surface area contributed by atoms with Crippen molar-refractivity contribution in [3.63, 3.8) is 0 Å². The van der Waals surface area contributed by atoms with Gasteiger partial charge in [0.05, 0.1) is 13.7 Å². The molecule has 88 valence electrons. The SMILES string of the molecule is CCOC(=O)/C(C#N)=C\c1cccc(OC)c1. The average molecular weight is 231 g/mol. The first-order valence-electron chi connectivity index (χ1n) is 5.14. The van der Waals surface area contributed by atoms with Gasteiger partial charge in [0.2, 0.25) is 0 Å². The van der Waals surface area contributed by atoms with Crippen molar-refractivity contribution in [3.8, 4) is 11.8 Å². The number of rotatable bonds is 4. The van der Waals surface area contributed by atoms with Gasteiger partial charge in [-0.05, 0) is 30.7 Å². The van der Waals surface area contributed by atoms with E-state index in [1.165, 1.54) is 6.08 Å². The third-order valence-corrected chi connectivity index (χ3v) is 2.02. The molecular formula is C13H13NO3.